The number of unbranched alkanes of at least 4 members (excludes halogenated alkanes) is 3. The Labute approximate surface area is 138 Å². The number of carboxylic acid groups (broad SMARTS) is 1. The molecule has 0 aliphatic heterocycles. The van der Waals surface area contributed by atoms with Crippen LogP contribution in [0.4, 0.5) is 0 Å². The van der Waals surface area contributed by atoms with E-state index >= 15 is 0 Å². The van der Waals surface area contributed by atoms with E-state index in [4.69, 9.17) is 5.11 Å². The molecule has 5 nitrogen and oxygen atoms in total. The van der Waals surface area contributed by atoms with Crippen molar-refractivity contribution in [3.8, 4) is 0 Å². The van der Waals surface area contributed by atoms with Crippen molar-refractivity contribution in [1.29, 1.82) is 0 Å². The van der Waals surface area contributed by atoms with Crippen molar-refractivity contribution in [2.45, 2.75) is 76.9 Å². The first-order valence-corrected chi connectivity index (χ1v) is 8.74. The molecule has 5 heteroatoms. The van der Waals surface area contributed by atoms with Crippen molar-refractivity contribution >= 4 is 11.8 Å². The third-order valence-electron chi connectivity index (χ3n) is 4.55. The van der Waals surface area contributed by atoms with Crippen LogP contribution in [0.25, 0.3) is 0 Å². The molecule has 1 aliphatic carbocycles. The van der Waals surface area contributed by atoms with Crippen LogP contribution in [-0.2, 0) is 9.59 Å². The molecule has 1 rings (SSSR count). The Morgan fingerprint density at radius 3 is 2.70 bits per heavy atom. The largest absolute Gasteiger partial charge is 0.481 e. The summed E-state index contributed by atoms with van der Waals surface area (Å²) in [6.45, 7) is 2.11. The van der Waals surface area contributed by atoms with Crippen LogP contribution in [0.1, 0.15) is 64.7 Å². The Hall–Kier alpha value is -1.20. The second-order valence-electron chi connectivity index (χ2n) is 6.51. The zero-order valence-corrected chi connectivity index (χ0v) is 14.0. The third kappa shape index (κ3) is 7.27. The number of hydrogen-bond donors (Lipinski definition) is 3. The first-order chi connectivity index (χ1) is 11.0. The maximum atomic E-state index is 12.0. The van der Waals surface area contributed by atoms with Crippen molar-refractivity contribution in [1.82, 2.24) is 0 Å². The number of rotatable bonds is 11. The minimum absolute atomic E-state index is 0.117. The van der Waals surface area contributed by atoms with E-state index in [0.29, 0.717) is 19.3 Å². The van der Waals surface area contributed by atoms with Gasteiger partial charge in [0, 0.05) is 24.7 Å². The van der Waals surface area contributed by atoms with Crippen molar-refractivity contribution in [2.75, 3.05) is 0 Å². The molecule has 0 spiro atoms. The average molecular weight is 326 g/mol. The van der Waals surface area contributed by atoms with E-state index in [1.165, 1.54) is 0 Å². The fraction of sp³-hybridized carbons (Fsp3) is 0.778. The predicted molar refractivity (Wildman–Crippen MR) is 88.0 cm³/mol. The summed E-state index contributed by atoms with van der Waals surface area (Å²) in [7, 11) is 0. The number of carbonyl (C=O) groups excluding carboxylic acids is 1. The summed E-state index contributed by atoms with van der Waals surface area (Å²) < 4.78 is 0. The molecule has 0 aromatic rings. The van der Waals surface area contributed by atoms with Crippen molar-refractivity contribution in [3.05, 3.63) is 12.2 Å². The van der Waals surface area contributed by atoms with Crippen LogP contribution in [0, 0.1) is 11.8 Å². The summed E-state index contributed by atoms with van der Waals surface area (Å²) in [6.07, 6.45) is 8.12. The van der Waals surface area contributed by atoms with E-state index in [0.717, 1.165) is 25.7 Å². The summed E-state index contributed by atoms with van der Waals surface area (Å²) in [6, 6.07) is 0. The van der Waals surface area contributed by atoms with Gasteiger partial charge in [-0.1, -0.05) is 38.3 Å². The lowest BCUT2D eigenvalue weighted by molar-refractivity contribution is -0.137. The molecule has 0 unspecified atom stereocenters. The topological polar surface area (TPSA) is 94.8 Å². The summed E-state index contributed by atoms with van der Waals surface area (Å²) >= 11 is 0. The number of ketones is 1. The van der Waals surface area contributed by atoms with E-state index in [-0.39, 0.29) is 30.5 Å². The second kappa shape index (κ2) is 10.6. The number of hydrogen-bond acceptors (Lipinski definition) is 4. The van der Waals surface area contributed by atoms with Crippen molar-refractivity contribution in [2.24, 2.45) is 11.8 Å². The van der Waals surface area contributed by atoms with Crippen LogP contribution >= 0.6 is 0 Å². The van der Waals surface area contributed by atoms with Crippen LogP contribution in [0.3, 0.4) is 0 Å². The molecular weight excluding hydrogens is 296 g/mol. The molecule has 23 heavy (non-hydrogen) atoms. The molecule has 0 amide bonds. The van der Waals surface area contributed by atoms with Crippen molar-refractivity contribution < 1.29 is 24.9 Å². The zero-order valence-electron chi connectivity index (χ0n) is 14.0. The number of carboxylic acids is 1. The fourth-order valence-electron chi connectivity index (χ4n) is 3.19. The molecule has 0 heterocycles. The quantitative estimate of drug-likeness (QED) is 0.401. The van der Waals surface area contributed by atoms with Crippen LogP contribution in [0.5, 0.6) is 0 Å². The SMILES string of the molecule is CCCCC[C@H]1C(=O)C[C@@H](O)[C@H]1/C=C/[C@@H](O)CCCCC(=O)O. The van der Waals surface area contributed by atoms with Gasteiger partial charge in [-0.3, -0.25) is 9.59 Å². The molecule has 0 bridgehead atoms. The Kier molecular flexibility index (Phi) is 9.10. The number of aliphatic hydroxyl groups is 2. The maximum absolute atomic E-state index is 12.0. The molecule has 4 atom stereocenters. The van der Waals surface area contributed by atoms with Crippen LogP contribution < -0.4 is 0 Å². The number of aliphatic carboxylic acids is 1. The van der Waals surface area contributed by atoms with Gasteiger partial charge in [0.05, 0.1) is 12.2 Å². The van der Waals surface area contributed by atoms with Crippen LogP contribution in [-0.4, -0.2) is 39.3 Å². The van der Waals surface area contributed by atoms with Gasteiger partial charge in [0.15, 0.2) is 0 Å². The highest BCUT2D eigenvalue weighted by molar-refractivity contribution is 5.84. The van der Waals surface area contributed by atoms with Gasteiger partial charge >= 0.3 is 5.97 Å². The van der Waals surface area contributed by atoms with E-state index in [1.54, 1.807) is 12.2 Å². The highest BCUT2D eigenvalue weighted by Crippen LogP contribution is 2.34. The van der Waals surface area contributed by atoms with Gasteiger partial charge in [0.1, 0.15) is 5.78 Å². The summed E-state index contributed by atoms with van der Waals surface area (Å²) in [4.78, 5) is 22.4. The normalized spacial score (nSPS) is 26.0. The highest BCUT2D eigenvalue weighted by atomic mass is 16.4. The highest BCUT2D eigenvalue weighted by Gasteiger charge is 2.39. The van der Waals surface area contributed by atoms with Gasteiger partial charge in [0.25, 0.3) is 0 Å². The number of Topliss-reactive ketones (excluding diaryl/α,β-unsaturated/α-hetero) is 1. The lowest BCUT2D eigenvalue weighted by Crippen LogP contribution is -2.19. The number of carbonyl (C=O) groups is 2. The minimum Gasteiger partial charge on any atom is -0.481 e. The molecule has 1 saturated carbocycles. The Bertz CT molecular complexity index is 404. The molecule has 0 aromatic heterocycles. The van der Waals surface area contributed by atoms with Gasteiger partial charge in [-0.2, -0.15) is 0 Å². The molecule has 1 fully saturated rings. The van der Waals surface area contributed by atoms with E-state index in [1.807, 2.05) is 0 Å². The van der Waals surface area contributed by atoms with E-state index < -0.39 is 18.2 Å². The van der Waals surface area contributed by atoms with E-state index in [2.05, 4.69) is 6.92 Å². The zero-order chi connectivity index (χ0) is 17.2. The smallest absolute Gasteiger partial charge is 0.303 e. The molecule has 132 valence electrons. The van der Waals surface area contributed by atoms with Crippen LogP contribution in [0.2, 0.25) is 0 Å². The molecular formula is C18H30O5. The maximum Gasteiger partial charge on any atom is 0.303 e. The van der Waals surface area contributed by atoms with Gasteiger partial charge in [-0.15, -0.1) is 0 Å². The second-order valence-corrected chi connectivity index (χ2v) is 6.51. The number of aliphatic hydroxyl groups excluding tert-OH is 2. The fourth-order valence-corrected chi connectivity index (χ4v) is 3.19. The lowest BCUT2D eigenvalue weighted by Gasteiger charge is -2.18. The first-order valence-electron chi connectivity index (χ1n) is 8.74. The molecule has 0 aromatic carbocycles. The summed E-state index contributed by atoms with van der Waals surface area (Å²) in [5, 5.41) is 28.5. The third-order valence-corrected chi connectivity index (χ3v) is 4.55. The molecule has 1 aliphatic rings. The standard InChI is InChI=1S/C18H30O5/c1-2-3-4-8-14-15(17(21)12-16(14)20)11-10-13(19)7-5-6-9-18(22)23/h10-11,13-15,17,19,21H,2-9,12H2,1H3,(H,22,23)/b11-10+/t13-,14+,15-,17+/m0/s1. The summed E-state index contributed by atoms with van der Waals surface area (Å²) in [5.74, 6) is -1.03. The average Bonchev–Trinajstić information content (AvgIpc) is 2.75. The molecule has 0 radical (unpaired) electrons. The Morgan fingerprint density at radius 1 is 1.30 bits per heavy atom. The lowest BCUT2D eigenvalue weighted by atomic mass is 9.88. The molecule has 0 saturated heterocycles. The van der Waals surface area contributed by atoms with E-state index in [9.17, 15) is 19.8 Å². The summed E-state index contributed by atoms with van der Waals surface area (Å²) in [5.41, 5.74) is 0. The predicted octanol–water partition coefficient (Wildman–Crippen LogP) is 2.69. The molecule has 3 N–H and O–H groups in total. The van der Waals surface area contributed by atoms with Gasteiger partial charge in [0.2, 0.25) is 0 Å². The monoisotopic (exact) mass is 326 g/mol. The van der Waals surface area contributed by atoms with Crippen LogP contribution in [0.15, 0.2) is 12.2 Å². The Balaban J connectivity index is 2.44. The van der Waals surface area contributed by atoms with Crippen molar-refractivity contribution in [3.63, 3.8) is 0 Å². The minimum atomic E-state index is -0.822. The first kappa shape index (κ1) is 19.8. The van der Waals surface area contributed by atoms with Gasteiger partial charge < -0.3 is 15.3 Å². The Morgan fingerprint density at radius 2 is 2.04 bits per heavy atom. The van der Waals surface area contributed by atoms with Gasteiger partial charge in [-0.05, 0) is 25.7 Å². The van der Waals surface area contributed by atoms with Gasteiger partial charge in [-0.25, -0.2) is 0 Å².